The summed E-state index contributed by atoms with van der Waals surface area (Å²) in [7, 11) is 0. The van der Waals surface area contributed by atoms with Gasteiger partial charge in [-0.15, -0.1) is 0 Å². The number of nitrogens with zero attached hydrogens (tertiary/aromatic N) is 2. The molecule has 0 radical (unpaired) electrons. The molecule has 1 N–H and O–H groups in total. The van der Waals surface area contributed by atoms with Gasteiger partial charge in [0.15, 0.2) is 0 Å². The fraction of sp³-hybridized carbons (Fsp3) is 0.636. The van der Waals surface area contributed by atoms with Gasteiger partial charge in [0.05, 0.1) is 24.2 Å². The van der Waals surface area contributed by atoms with Crippen molar-refractivity contribution in [1.29, 1.82) is 5.26 Å². The molecule has 4 nitrogen and oxygen atoms in total. The molecular weight excluding hydrogens is 190 g/mol. The quantitative estimate of drug-likeness (QED) is 0.725. The molecule has 0 saturated carbocycles. The number of nitriles is 1. The molecule has 4 heteroatoms. The monoisotopic (exact) mass is 207 g/mol. The Morgan fingerprint density at radius 3 is 3.00 bits per heavy atom. The van der Waals surface area contributed by atoms with E-state index in [9.17, 15) is 0 Å². The Balaban J connectivity index is 2.06. The van der Waals surface area contributed by atoms with Gasteiger partial charge in [0, 0.05) is 6.07 Å². The minimum absolute atomic E-state index is 0.214. The summed E-state index contributed by atoms with van der Waals surface area (Å²) in [6.45, 7) is 5.52. The molecule has 0 saturated heterocycles. The molecule has 0 amide bonds. The van der Waals surface area contributed by atoms with E-state index in [-0.39, 0.29) is 5.41 Å². The first-order valence-electron chi connectivity index (χ1n) is 5.15. The molecule has 0 atom stereocenters. The first-order chi connectivity index (χ1) is 7.14. The van der Waals surface area contributed by atoms with Gasteiger partial charge in [0.1, 0.15) is 5.76 Å². The van der Waals surface area contributed by atoms with E-state index in [4.69, 9.17) is 9.78 Å². The Morgan fingerprint density at radius 2 is 2.40 bits per heavy atom. The van der Waals surface area contributed by atoms with Gasteiger partial charge in [-0.1, -0.05) is 5.16 Å². The third-order valence-corrected chi connectivity index (χ3v) is 2.25. The summed E-state index contributed by atoms with van der Waals surface area (Å²) in [6, 6.07) is 4.13. The zero-order valence-electron chi connectivity index (χ0n) is 9.29. The highest BCUT2D eigenvalue weighted by Gasteiger charge is 2.15. The molecule has 0 aromatic carbocycles. The lowest BCUT2D eigenvalue weighted by molar-refractivity contribution is 0.368. The van der Waals surface area contributed by atoms with Gasteiger partial charge in [-0.25, -0.2) is 0 Å². The van der Waals surface area contributed by atoms with Crippen LogP contribution in [0.25, 0.3) is 0 Å². The molecule has 1 aromatic heterocycles. The standard InChI is InChI=1S/C11H17N3O/c1-11(2,9-12)5-3-6-13-8-10-4-7-14-15-10/h4,7,13H,3,5-6,8H2,1-2H3. The molecule has 1 heterocycles. The lowest BCUT2D eigenvalue weighted by Crippen LogP contribution is -2.17. The van der Waals surface area contributed by atoms with E-state index in [1.165, 1.54) is 0 Å². The fourth-order valence-electron chi connectivity index (χ4n) is 1.26. The van der Waals surface area contributed by atoms with Gasteiger partial charge in [-0.3, -0.25) is 0 Å². The summed E-state index contributed by atoms with van der Waals surface area (Å²) in [5.41, 5.74) is -0.214. The van der Waals surface area contributed by atoms with Crippen molar-refractivity contribution in [1.82, 2.24) is 10.5 Å². The van der Waals surface area contributed by atoms with Gasteiger partial charge in [-0.2, -0.15) is 5.26 Å². The highest BCUT2D eigenvalue weighted by molar-refractivity contribution is 4.93. The maximum absolute atomic E-state index is 8.81. The van der Waals surface area contributed by atoms with Gasteiger partial charge in [0.25, 0.3) is 0 Å². The Bertz CT molecular complexity index is 311. The van der Waals surface area contributed by atoms with Crippen LogP contribution in [0.15, 0.2) is 16.8 Å². The summed E-state index contributed by atoms with van der Waals surface area (Å²) in [4.78, 5) is 0. The minimum Gasteiger partial charge on any atom is -0.360 e. The van der Waals surface area contributed by atoms with Crippen molar-refractivity contribution in [3.05, 3.63) is 18.0 Å². The molecule has 0 spiro atoms. The van der Waals surface area contributed by atoms with Crippen LogP contribution in [0.1, 0.15) is 32.4 Å². The largest absolute Gasteiger partial charge is 0.360 e. The lowest BCUT2D eigenvalue weighted by atomic mass is 9.90. The minimum atomic E-state index is -0.214. The molecule has 1 rings (SSSR count). The van der Waals surface area contributed by atoms with Gasteiger partial charge in [0.2, 0.25) is 0 Å². The molecule has 82 valence electrons. The number of rotatable bonds is 6. The third-order valence-electron chi connectivity index (χ3n) is 2.25. The predicted octanol–water partition coefficient (Wildman–Crippen LogP) is 2.09. The van der Waals surface area contributed by atoms with Gasteiger partial charge in [-0.05, 0) is 33.2 Å². The van der Waals surface area contributed by atoms with Crippen LogP contribution in [0.2, 0.25) is 0 Å². The van der Waals surface area contributed by atoms with Crippen molar-refractivity contribution < 1.29 is 4.52 Å². The topological polar surface area (TPSA) is 61.9 Å². The van der Waals surface area contributed by atoms with Crippen LogP contribution < -0.4 is 5.32 Å². The van der Waals surface area contributed by atoms with Crippen molar-refractivity contribution in [2.45, 2.75) is 33.2 Å². The average Bonchev–Trinajstić information content (AvgIpc) is 2.70. The highest BCUT2D eigenvalue weighted by atomic mass is 16.5. The summed E-state index contributed by atoms with van der Waals surface area (Å²) < 4.78 is 4.94. The number of hydrogen-bond acceptors (Lipinski definition) is 4. The Hall–Kier alpha value is -1.34. The van der Waals surface area contributed by atoms with Crippen molar-refractivity contribution >= 4 is 0 Å². The Kier molecular flexibility index (Phi) is 4.32. The van der Waals surface area contributed by atoms with Crippen LogP contribution in [-0.4, -0.2) is 11.7 Å². The zero-order chi connectivity index (χ0) is 11.1. The second-order valence-corrected chi connectivity index (χ2v) is 4.25. The number of hydrogen-bond donors (Lipinski definition) is 1. The smallest absolute Gasteiger partial charge is 0.150 e. The SMILES string of the molecule is CC(C)(C#N)CCCNCc1ccno1. The molecule has 0 unspecified atom stereocenters. The number of aromatic nitrogens is 1. The van der Waals surface area contributed by atoms with E-state index in [1.54, 1.807) is 6.20 Å². The van der Waals surface area contributed by atoms with Crippen LogP contribution in [0, 0.1) is 16.7 Å². The van der Waals surface area contributed by atoms with E-state index in [0.717, 1.165) is 25.1 Å². The van der Waals surface area contributed by atoms with E-state index in [1.807, 2.05) is 19.9 Å². The van der Waals surface area contributed by atoms with Crippen molar-refractivity contribution in [3.63, 3.8) is 0 Å². The van der Waals surface area contributed by atoms with Crippen LogP contribution in [-0.2, 0) is 6.54 Å². The molecule has 15 heavy (non-hydrogen) atoms. The summed E-state index contributed by atoms with van der Waals surface area (Å²) >= 11 is 0. The summed E-state index contributed by atoms with van der Waals surface area (Å²) in [5, 5.41) is 15.7. The van der Waals surface area contributed by atoms with E-state index >= 15 is 0 Å². The molecule has 0 aliphatic rings. The first kappa shape index (κ1) is 11.7. The highest BCUT2D eigenvalue weighted by Crippen LogP contribution is 2.19. The van der Waals surface area contributed by atoms with Crippen LogP contribution >= 0.6 is 0 Å². The van der Waals surface area contributed by atoms with Gasteiger partial charge < -0.3 is 9.84 Å². The summed E-state index contributed by atoms with van der Waals surface area (Å²) in [6.07, 6.45) is 3.54. The number of nitrogens with one attached hydrogen (secondary N) is 1. The van der Waals surface area contributed by atoms with E-state index < -0.39 is 0 Å². The van der Waals surface area contributed by atoms with Crippen LogP contribution in [0.4, 0.5) is 0 Å². The van der Waals surface area contributed by atoms with Crippen LogP contribution in [0.3, 0.4) is 0 Å². The summed E-state index contributed by atoms with van der Waals surface area (Å²) in [5.74, 6) is 0.842. The van der Waals surface area contributed by atoms with Crippen LogP contribution in [0.5, 0.6) is 0 Å². The maximum atomic E-state index is 8.81. The maximum Gasteiger partial charge on any atom is 0.150 e. The normalized spacial score (nSPS) is 11.3. The van der Waals surface area contributed by atoms with Crippen molar-refractivity contribution in [2.24, 2.45) is 5.41 Å². The molecule has 0 aliphatic heterocycles. The van der Waals surface area contributed by atoms with E-state index in [0.29, 0.717) is 6.54 Å². The molecular formula is C11H17N3O. The van der Waals surface area contributed by atoms with Crippen molar-refractivity contribution in [3.8, 4) is 6.07 Å². The fourth-order valence-corrected chi connectivity index (χ4v) is 1.26. The molecule has 0 fully saturated rings. The molecule has 0 aliphatic carbocycles. The Morgan fingerprint density at radius 1 is 1.60 bits per heavy atom. The second kappa shape index (κ2) is 5.52. The predicted molar refractivity (Wildman–Crippen MR) is 56.8 cm³/mol. The lowest BCUT2D eigenvalue weighted by Gasteiger charge is -2.14. The molecule has 0 bridgehead atoms. The zero-order valence-corrected chi connectivity index (χ0v) is 9.29. The van der Waals surface area contributed by atoms with Crippen molar-refractivity contribution in [2.75, 3.05) is 6.54 Å². The Labute approximate surface area is 90.3 Å². The van der Waals surface area contributed by atoms with Gasteiger partial charge >= 0.3 is 0 Å². The first-order valence-corrected chi connectivity index (χ1v) is 5.15. The van der Waals surface area contributed by atoms with E-state index in [2.05, 4.69) is 16.5 Å². The second-order valence-electron chi connectivity index (χ2n) is 4.25. The third kappa shape index (κ3) is 4.61. The molecule has 1 aromatic rings. The average molecular weight is 207 g/mol.